The Balaban J connectivity index is 4.06. The molecular weight excluding hydrogens is 923 g/mol. The molecule has 9 heteroatoms. The predicted octanol–water partition coefficient (Wildman–Crippen LogP) is 18.2. The van der Waals surface area contributed by atoms with Crippen LogP contribution in [0.3, 0.4) is 0 Å². The van der Waals surface area contributed by atoms with Crippen LogP contribution in [-0.4, -0.2) is 82.3 Å². The molecule has 0 saturated heterocycles. The number of quaternary nitrogens is 1. The van der Waals surface area contributed by atoms with Gasteiger partial charge in [0.15, 0.2) is 12.4 Å². The zero-order valence-corrected chi connectivity index (χ0v) is 50.3. The van der Waals surface area contributed by atoms with Crippen LogP contribution in [0.1, 0.15) is 341 Å². The number of nitrogens with zero attached hydrogens (tertiary/aromatic N) is 1. The van der Waals surface area contributed by atoms with Gasteiger partial charge in [0, 0.05) is 12.8 Å². The summed E-state index contributed by atoms with van der Waals surface area (Å²) in [6.45, 7) is 4.83. The molecule has 0 aromatic carbocycles. The molecule has 2 atom stereocenters. The number of ether oxygens (including phenoxy) is 4. The van der Waals surface area contributed by atoms with E-state index in [1.54, 1.807) is 0 Å². The summed E-state index contributed by atoms with van der Waals surface area (Å²) >= 11 is 0. The Labute approximate surface area is 460 Å². The van der Waals surface area contributed by atoms with E-state index in [1.165, 1.54) is 276 Å². The third-order valence-corrected chi connectivity index (χ3v) is 15.1. The Morgan fingerprint density at radius 3 is 0.865 bits per heavy atom. The number of unbranched alkanes of at least 4 members (excludes halogenated alkanes) is 47. The highest BCUT2D eigenvalue weighted by Crippen LogP contribution is 2.19. The third-order valence-electron chi connectivity index (χ3n) is 15.1. The summed E-state index contributed by atoms with van der Waals surface area (Å²) in [6, 6.07) is 0. The van der Waals surface area contributed by atoms with E-state index < -0.39 is 24.3 Å². The molecule has 0 aromatic heterocycles. The normalized spacial score (nSPS) is 12.6. The monoisotopic (exact) mass is 1050 g/mol. The highest BCUT2D eigenvalue weighted by molar-refractivity contribution is 5.70. The summed E-state index contributed by atoms with van der Waals surface area (Å²) in [7, 11) is 5.94. The molecule has 74 heavy (non-hydrogen) atoms. The number of carbonyl (C=O) groups excluding carboxylic acids is 3. The second-order valence-electron chi connectivity index (χ2n) is 23.8. The van der Waals surface area contributed by atoms with Crippen LogP contribution in [0.25, 0.3) is 0 Å². The van der Waals surface area contributed by atoms with Crippen molar-refractivity contribution in [1.82, 2.24) is 0 Å². The molecule has 0 radical (unpaired) electrons. The summed E-state index contributed by atoms with van der Waals surface area (Å²) in [5.41, 5.74) is 0. The average Bonchev–Trinajstić information content (AvgIpc) is 3.37. The van der Waals surface area contributed by atoms with Crippen molar-refractivity contribution in [3.05, 3.63) is 0 Å². The van der Waals surface area contributed by atoms with E-state index in [2.05, 4.69) is 13.8 Å². The van der Waals surface area contributed by atoms with Gasteiger partial charge in [-0.15, -0.1) is 0 Å². The van der Waals surface area contributed by atoms with Crippen LogP contribution in [-0.2, 0) is 33.3 Å². The molecule has 440 valence electrons. The lowest BCUT2D eigenvalue weighted by molar-refractivity contribution is -0.870. The van der Waals surface area contributed by atoms with E-state index in [-0.39, 0.29) is 32.2 Å². The van der Waals surface area contributed by atoms with Gasteiger partial charge in [-0.2, -0.15) is 0 Å². The van der Waals surface area contributed by atoms with Gasteiger partial charge >= 0.3 is 11.9 Å². The maximum atomic E-state index is 12.9. The van der Waals surface area contributed by atoms with E-state index in [0.29, 0.717) is 17.4 Å². The van der Waals surface area contributed by atoms with E-state index in [1.807, 2.05) is 21.1 Å². The second-order valence-corrected chi connectivity index (χ2v) is 23.8. The minimum atomic E-state index is -1.61. The molecule has 0 rings (SSSR count). The zero-order chi connectivity index (χ0) is 54.1. The molecule has 0 amide bonds. The molecule has 2 unspecified atom stereocenters. The molecule has 0 heterocycles. The minimum absolute atomic E-state index is 0.153. The van der Waals surface area contributed by atoms with Crippen LogP contribution < -0.4 is 5.11 Å². The van der Waals surface area contributed by atoms with Crippen molar-refractivity contribution in [1.29, 1.82) is 0 Å². The zero-order valence-electron chi connectivity index (χ0n) is 50.3. The molecular formula is C65H127NO8. The number of esters is 2. The van der Waals surface area contributed by atoms with E-state index in [0.717, 1.165) is 38.5 Å². The molecule has 0 saturated carbocycles. The topological polar surface area (TPSA) is 111 Å². The molecule has 9 nitrogen and oxygen atoms in total. The second kappa shape index (κ2) is 57.5. The van der Waals surface area contributed by atoms with Crippen molar-refractivity contribution in [2.75, 3.05) is 47.5 Å². The quantitative estimate of drug-likeness (QED) is 0.0256. The number of carbonyl (C=O) groups is 3. The van der Waals surface area contributed by atoms with Crippen LogP contribution in [0.4, 0.5) is 0 Å². The van der Waals surface area contributed by atoms with Crippen LogP contribution in [0, 0.1) is 0 Å². The van der Waals surface area contributed by atoms with Gasteiger partial charge in [-0.05, 0) is 12.8 Å². The number of likely N-dealkylation sites (N-methyl/N-ethyl adjacent to an activating group) is 1. The maximum Gasteiger partial charge on any atom is 0.306 e. The molecule has 0 bridgehead atoms. The fraction of sp³-hybridized carbons (Fsp3) is 0.954. The van der Waals surface area contributed by atoms with Crippen molar-refractivity contribution in [2.24, 2.45) is 0 Å². The molecule has 0 fully saturated rings. The first-order chi connectivity index (χ1) is 36.1. The number of aliphatic carboxylic acids is 1. The Morgan fingerprint density at radius 2 is 0.608 bits per heavy atom. The molecule has 0 N–H and O–H groups in total. The molecule has 0 aliphatic carbocycles. The lowest BCUT2D eigenvalue weighted by Gasteiger charge is -2.26. The summed E-state index contributed by atoms with van der Waals surface area (Å²) in [6.07, 6.45) is 63.2. The largest absolute Gasteiger partial charge is 0.545 e. The van der Waals surface area contributed by atoms with Crippen molar-refractivity contribution in [2.45, 2.75) is 354 Å². The number of carboxylic acids is 1. The lowest BCUT2D eigenvalue weighted by atomic mass is 10.0. The molecule has 0 aromatic rings. The van der Waals surface area contributed by atoms with Crippen molar-refractivity contribution >= 4 is 17.9 Å². The summed E-state index contributed by atoms with van der Waals surface area (Å²) in [4.78, 5) is 37.4. The fourth-order valence-corrected chi connectivity index (χ4v) is 10.1. The first-order valence-electron chi connectivity index (χ1n) is 32.7. The standard InChI is InChI=1S/C65H127NO8/c1-6-8-10-12-14-16-18-20-22-24-26-27-28-29-30-31-32-33-34-35-36-38-40-42-44-46-48-50-52-54-56-63(68)74-61(60-73-65(64(69)70)71-58-57-66(3,4)5)59-72-62(67)55-53-51-49-47-45-43-41-39-37-25-23-21-19-17-15-13-11-9-7-2/h61,65H,6-60H2,1-5H3. The molecule has 0 aliphatic heterocycles. The van der Waals surface area contributed by atoms with Gasteiger partial charge in [0.05, 0.1) is 40.3 Å². The van der Waals surface area contributed by atoms with Crippen LogP contribution in [0.2, 0.25) is 0 Å². The third kappa shape index (κ3) is 58.0. The smallest absolute Gasteiger partial charge is 0.306 e. The SMILES string of the molecule is CCCCCCCCCCCCCCCCCCCCCCCCCCCCCCCCC(=O)OC(COC(=O)CCCCCCCCCCCCCCCCCCCCC)COC(OCC[N+](C)(C)C)C(=O)[O-]. The van der Waals surface area contributed by atoms with Gasteiger partial charge in [0.25, 0.3) is 0 Å². The summed E-state index contributed by atoms with van der Waals surface area (Å²) in [5.74, 6) is -2.25. The van der Waals surface area contributed by atoms with Crippen LogP contribution >= 0.6 is 0 Å². The van der Waals surface area contributed by atoms with Gasteiger partial charge < -0.3 is 33.3 Å². The Hall–Kier alpha value is -1.71. The van der Waals surface area contributed by atoms with E-state index in [9.17, 15) is 19.5 Å². The predicted molar refractivity (Wildman–Crippen MR) is 311 cm³/mol. The number of rotatable bonds is 62. The number of hydrogen-bond donors (Lipinski definition) is 0. The average molecular weight is 1050 g/mol. The van der Waals surface area contributed by atoms with Gasteiger partial charge in [-0.3, -0.25) is 9.59 Å². The van der Waals surface area contributed by atoms with Crippen LogP contribution in [0.15, 0.2) is 0 Å². The van der Waals surface area contributed by atoms with Gasteiger partial charge in [0.2, 0.25) is 0 Å². The summed E-state index contributed by atoms with van der Waals surface area (Å²) in [5, 5.41) is 11.8. The number of carboxylic acid groups (broad SMARTS) is 1. The van der Waals surface area contributed by atoms with Gasteiger partial charge in [-0.25, -0.2) is 0 Å². The van der Waals surface area contributed by atoms with Crippen LogP contribution in [0.5, 0.6) is 0 Å². The first-order valence-corrected chi connectivity index (χ1v) is 32.7. The van der Waals surface area contributed by atoms with Gasteiger partial charge in [-0.1, -0.05) is 316 Å². The highest BCUT2D eigenvalue weighted by Gasteiger charge is 2.22. The minimum Gasteiger partial charge on any atom is -0.545 e. The maximum absolute atomic E-state index is 12.9. The highest BCUT2D eigenvalue weighted by atomic mass is 16.7. The Kier molecular flexibility index (Phi) is 56.1. The van der Waals surface area contributed by atoms with E-state index >= 15 is 0 Å². The fourth-order valence-electron chi connectivity index (χ4n) is 10.1. The number of hydrogen-bond acceptors (Lipinski definition) is 8. The first kappa shape index (κ1) is 72.3. The Bertz CT molecular complexity index is 1180. The van der Waals surface area contributed by atoms with Crippen molar-refractivity contribution in [3.63, 3.8) is 0 Å². The Morgan fingerprint density at radius 1 is 0.351 bits per heavy atom. The molecule has 0 spiro atoms. The van der Waals surface area contributed by atoms with E-state index in [4.69, 9.17) is 18.9 Å². The molecule has 0 aliphatic rings. The van der Waals surface area contributed by atoms with Gasteiger partial charge in [0.1, 0.15) is 13.2 Å². The van der Waals surface area contributed by atoms with Crippen molar-refractivity contribution in [3.8, 4) is 0 Å². The summed E-state index contributed by atoms with van der Waals surface area (Å²) < 4.78 is 22.8. The lowest BCUT2D eigenvalue weighted by Crippen LogP contribution is -2.44. The van der Waals surface area contributed by atoms with Crippen molar-refractivity contribution < 1.29 is 42.9 Å².